The smallest absolute Gasteiger partial charge is 0.191 e. The molecule has 3 heterocycles. The topological polar surface area (TPSA) is 85.0 Å². The maximum Gasteiger partial charge on any atom is 0.191 e. The number of nitrogens with one attached hydrogen (secondary N) is 2. The van der Waals surface area contributed by atoms with Crippen molar-refractivity contribution in [3.05, 3.63) is 59.9 Å². The Morgan fingerprint density at radius 1 is 1.06 bits per heavy atom. The quantitative estimate of drug-likeness (QED) is 0.432. The number of aromatic nitrogens is 5. The van der Waals surface area contributed by atoms with Crippen LogP contribution in [-0.2, 0) is 25.8 Å². The van der Waals surface area contributed by atoms with Gasteiger partial charge in [0.2, 0.25) is 0 Å². The lowest BCUT2D eigenvalue weighted by molar-refractivity contribution is 0.604. The van der Waals surface area contributed by atoms with Crippen LogP contribution in [0.2, 0.25) is 0 Å². The molecule has 0 spiro atoms. The van der Waals surface area contributed by atoms with Gasteiger partial charge in [0.05, 0.1) is 5.69 Å². The minimum Gasteiger partial charge on any atom is -0.357 e. The van der Waals surface area contributed by atoms with Crippen molar-refractivity contribution in [1.29, 1.82) is 0 Å². The van der Waals surface area contributed by atoms with Gasteiger partial charge < -0.3 is 15.2 Å². The van der Waals surface area contributed by atoms with E-state index in [0.717, 1.165) is 62.2 Å². The highest BCUT2D eigenvalue weighted by atomic mass is 15.3. The van der Waals surface area contributed by atoms with Gasteiger partial charge in [-0.1, -0.05) is 18.6 Å². The van der Waals surface area contributed by atoms with Crippen LogP contribution in [-0.4, -0.2) is 50.1 Å². The zero-order valence-electron chi connectivity index (χ0n) is 18.3. The number of benzene rings is 1. The molecule has 0 fully saturated rings. The summed E-state index contributed by atoms with van der Waals surface area (Å²) in [6.07, 6.45) is 10.3. The van der Waals surface area contributed by atoms with Gasteiger partial charge in [-0.2, -0.15) is 5.10 Å². The molecule has 3 aromatic rings. The second-order valence-corrected chi connectivity index (χ2v) is 7.80. The van der Waals surface area contributed by atoms with Gasteiger partial charge in [0.25, 0.3) is 0 Å². The van der Waals surface area contributed by atoms with Crippen molar-refractivity contribution < 1.29 is 0 Å². The molecule has 1 aliphatic heterocycles. The molecule has 8 nitrogen and oxygen atoms in total. The Morgan fingerprint density at radius 2 is 1.97 bits per heavy atom. The lowest BCUT2D eigenvalue weighted by atomic mass is 10.1. The highest BCUT2D eigenvalue weighted by molar-refractivity contribution is 5.79. The summed E-state index contributed by atoms with van der Waals surface area (Å²) in [5.41, 5.74) is 2.35. The van der Waals surface area contributed by atoms with Gasteiger partial charge in [-0.05, 0) is 49.9 Å². The average molecular weight is 421 g/mol. The Bertz CT molecular complexity index is 956. The van der Waals surface area contributed by atoms with Crippen LogP contribution in [0.5, 0.6) is 0 Å². The summed E-state index contributed by atoms with van der Waals surface area (Å²) in [7, 11) is 0. The maximum atomic E-state index is 4.74. The Morgan fingerprint density at radius 3 is 2.77 bits per heavy atom. The first kappa shape index (κ1) is 21.1. The molecule has 8 heteroatoms. The van der Waals surface area contributed by atoms with Gasteiger partial charge in [-0.25, -0.2) is 4.68 Å². The molecule has 1 aromatic carbocycles. The van der Waals surface area contributed by atoms with Crippen molar-refractivity contribution in [3.63, 3.8) is 0 Å². The molecule has 1 aliphatic rings. The number of guanidine groups is 1. The SMILES string of the molecule is CCNC(=NCCc1nnc2n1CCCCC2)NCCc1ccc(-n2cccn2)cc1. The van der Waals surface area contributed by atoms with E-state index in [1.807, 2.05) is 16.9 Å². The van der Waals surface area contributed by atoms with Crippen LogP contribution in [0.25, 0.3) is 5.69 Å². The molecule has 0 radical (unpaired) electrons. The van der Waals surface area contributed by atoms with Gasteiger partial charge in [0.15, 0.2) is 5.96 Å². The van der Waals surface area contributed by atoms with Crippen LogP contribution < -0.4 is 10.6 Å². The number of aryl methyl sites for hydroxylation is 1. The summed E-state index contributed by atoms with van der Waals surface area (Å²) >= 11 is 0. The standard InChI is InChI=1S/C23H32N8/c1-2-24-23(26-16-13-22-29-28-21-7-4-3-5-17-30(21)22)25-15-12-19-8-10-20(11-9-19)31-18-6-14-27-31/h6,8-11,14,18H,2-5,7,12-13,15-17H2,1H3,(H2,24,25,26). The Labute approximate surface area is 183 Å². The molecule has 0 amide bonds. The lowest BCUT2D eigenvalue weighted by Gasteiger charge is -2.12. The van der Waals surface area contributed by atoms with Crippen molar-refractivity contribution in [2.24, 2.45) is 4.99 Å². The van der Waals surface area contributed by atoms with Crippen LogP contribution in [0.4, 0.5) is 0 Å². The molecule has 164 valence electrons. The maximum absolute atomic E-state index is 4.74. The predicted octanol–water partition coefficient (Wildman–Crippen LogP) is 2.53. The minimum atomic E-state index is 0.700. The molecule has 0 saturated carbocycles. The number of hydrogen-bond acceptors (Lipinski definition) is 4. The first-order valence-electron chi connectivity index (χ1n) is 11.4. The van der Waals surface area contributed by atoms with E-state index in [0.29, 0.717) is 6.54 Å². The van der Waals surface area contributed by atoms with Gasteiger partial charge in [-0.3, -0.25) is 4.99 Å². The van der Waals surface area contributed by atoms with Crippen molar-refractivity contribution >= 4 is 5.96 Å². The highest BCUT2D eigenvalue weighted by Gasteiger charge is 2.14. The first-order chi connectivity index (χ1) is 15.3. The summed E-state index contributed by atoms with van der Waals surface area (Å²) < 4.78 is 4.17. The van der Waals surface area contributed by atoms with E-state index in [2.05, 4.69) is 61.7 Å². The molecule has 0 atom stereocenters. The minimum absolute atomic E-state index is 0.700. The number of nitrogens with zero attached hydrogens (tertiary/aromatic N) is 6. The molecular formula is C23H32N8. The summed E-state index contributed by atoms with van der Waals surface area (Å²) in [4.78, 5) is 4.74. The normalized spacial score (nSPS) is 14.2. The van der Waals surface area contributed by atoms with Gasteiger partial charge in [-0.15, -0.1) is 10.2 Å². The third-order valence-corrected chi connectivity index (χ3v) is 5.55. The molecule has 0 unspecified atom stereocenters. The number of hydrogen-bond donors (Lipinski definition) is 2. The van der Waals surface area contributed by atoms with Gasteiger partial charge >= 0.3 is 0 Å². The van der Waals surface area contributed by atoms with Crippen LogP contribution in [0.15, 0.2) is 47.7 Å². The largest absolute Gasteiger partial charge is 0.357 e. The van der Waals surface area contributed by atoms with E-state index in [1.165, 1.54) is 24.8 Å². The molecule has 0 saturated heterocycles. The average Bonchev–Trinajstić information content (AvgIpc) is 3.40. The Balaban J connectivity index is 1.27. The van der Waals surface area contributed by atoms with Crippen molar-refractivity contribution in [3.8, 4) is 5.69 Å². The number of fused-ring (bicyclic) bond motifs is 1. The predicted molar refractivity (Wildman–Crippen MR) is 123 cm³/mol. The van der Waals surface area contributed by atoms with Crippen molar-refractivity contribution in [2.75, 3.05) is 19.6 Å². The number of aliphatic imine (C=N–C) groups is 1. The van der Waals surface area contributed by atoms with E-state index < -0.39 is 0 Å². The fourth-order valence-corrected chi connectivity index (χ4v) is 3.90. The van der Waals surface area contributed by atoms with Gasteiger partial charge in [0, 0.05) is 51.4 Å². The van der Waals surface area contributed by atoms with Gasteiger partial charge in [0.1, 0.15) is 11.6 Å². The van der Waals surface area contributed by atoms with E-state index in [1.54, 1.807) is 6.20 Å². The van der Waals surface area contributed by atoms with Crippen LogP contribution in [0, 0.1) is 0 Å². The molecule has 2 aromatic heterocycles. The molecule has 0 bridgehead atoms. The van der Waals surface area contributed by atoms with Crippen LogP contribution in [0.3, 0.4) is 0 Å². The molecular weight excluding hydrogens is 388 g/mol. The van der Waals surface area contributed by atoms with Crippen LogP contribution in [0.1, 0.15) is 43.4 Å². The second-order valence-electron chi connectivity index (χ2n) is 7.80. The molecule has 4 rings (SSSR count). The lowest BCUT2D eigenvalue weighted by Crippen LogP contribution is -2.38. The third-order valence-electron chi connectivity index (χ3n) is 5.55. The number of rotatable bonds is 8. The second kappa shape index (κ2) is 10.7. The Kier molecular flexibility index (Phi) is 7.31. The molecule has 2 N–H and O–H groups in total. The molecule has 0 aliphatic carbocycles. The van der Waals surface area contributed by atoms with E-state index in [9.17, 15) is 0 Å². The summed E-state index contributed by atoms with van der Waals surface area (Å²) in [5, 5.41) is 19.8. The van der Waals surface area contributed by atoms with E-state index in [-0.39, 0.29) is 0 Å². The summed E-state index contributed by atoms with van der Waals surface area (Å²) in [6, 6.07) is 10.4. The zero-order valence-corrected chi connectivity index (χ0v) is 18.3. The first-order valence-corrected chi connectivity index (χ1v) is 11.4. The third kappa shape index (κ3) is 5.71. The van der Waals surface area contributed by atoms with E-state index >= 15 is 0 Å². The Hall–Kier alpha value is -3.16. The molecule has 31 heavy (non-hydrogen) atoms. The fraction of sp³-hybridized carbons (Fsp3) is 0.478. The fourth-order valence-electron chi connectivity index (χ4n) is 3.90. The summed E-state index contributed by atoms with van der Waals surface area (Å²) in [6.45, 7) is 5.49. The summed E-state index contributed by atoms with van der Waals surface area (Å²) in [5.74, 6) is 3.06. The highest BCUT2D eigenvalue weighted by Crippen LogP contribution is 2.14. The van der Waals surface area contributed by atoms with Crippen molar-refractivity contribution in [2.45, 2.75) is 52.0 Å². The monoisotopic (exact) mass is 420 g/mol. The van der Waals surface area contributed by atoms with Crippen LogP contribution >= 0.6 is 0 Å². The van der Waals surface area contributed by atoms with E-state index in [4.69, 9.17) is 4.99 Å². The zero-order chi connectivity index (χ0) is 21.3. The van der Waals surface area contributed by atoms with Crippen molar-refractivity contribution in [1.82, 2.24) is 35.2 Å².